The second kappa shape index (κ2) is 8.27. The van der Waals surface area contributed by atoms with Crippen molar-refractivity contribution in [3.05, 3.63) is 70.8 Å². The first-order chi connectivity index (χ1) is 13.7. The summed E-state index contributed by atoms with van der Waals surface area (Å²) in [5.74, 6) is -0.395. The molecule has 0 saturated heterocycles. The van der Waals surface area contributed by atoms with Crippen molar-refractivity contribution in [3.63, 3.8) is 0 Å². The summed E-state index contributed by atoms with van der Waals surface area (Å²) in [6.45, 7) is 4.23. The molecule has 0 bridgehead atoms. The van der Waals surface area contributed by atoms with Crippen molar-refractivity contribution in [1.29, 1.82) is 0 Å². The Balaban J connectivity index is 1.73. The molecule has 2 aromatic carbocycles. The van der Waals surface area contributed by atoms with Gasteiger partial charge in [0.05, 0.1) is 5.56 Å². The Morgan fingerprint density at radius 1 is 1.14 bits per heavy atom. The first kappa shape index (κ1) is 20.9. The Morgan fingerprint density at radius 2 is 1.86 bits per heavy atom. The Labute approximate surface area is 167 Å². The van der Waals surface area contributed by atoms with Gasteiger partial charge in [-0.3, -0.25) is 9.59 Å². The normalized spacial score (nSPS) is 14.8. The van der Waals surface area contributed by atoms with E-state index in [2.05, 4.69) is 5.32 Å². The van der Waals surface area contributed by atoms with Crippen molar-refractivity contribution in [3.8, 4) is 0 Å². The van der Waals surface area contributed by atoms with Gasteiger partial charge in [-0.2, -0.15) is 13.2 Å². The third-order valence-electron chi connectivity index (χ3n) is 4.94. The monoisotopic (exact) mass is 404 g/mol. The molecule has 0 aromatic heterocycles. The minimum Gasteiger partial charge on any atom is -0.350 e. The molecule has 1 heterocycles. The summed E-state index contributed by atoms with van der Waals surface area (Å²) >= 11 is 0. The Hall–Kier alpha value is -2.83. The zero-order chi connectivity index (χ0) is 21.2. The molecule has 1 aliphatic rings. The largest absolute Gasteiger partial charge is 0.416 e. The summed E-state index contributed by atoms with van der Waals surface area (Å²) in [6, 6.07) is 11.4. The van der Waals surface area contributed by atoms with Crippen molar-refractivity contribution >= 4 is 11.8 Å². The van der Waals surface area contributed by atoms with Crippen LogP contribution in [0.15, 0.2) is 48.5 Å². The number of carbonyl (C=O) groups is 2. The minimum atomic E-state index is -4.44. The highest BCUT2D eigenvalue weighted by Crippen LogP contribution is 2.30. The summed E-state index contributed by atoms with van der Waals surface area (Å²) in [6.07, 6.45) is -3.97. The molecule has 0 saturated carbocycles. The number of halogens is 3. The van der Waals surface area contributed by atoms with Gasteiger partial charge in [0.15, 0.2) is 0 Å². The number of alkyl halides is 3. The van der Waals surface area contributed by atoms with E-state index in [4.69, 9.17) is 0 Å². The fourth-order valence-corrected chi connectivity index (χ4v) is 3.52. The molecule has 3 rings (SSSR count). The molecule has 4 nitrogen and oxygen atoms in total. The van der Waals surface area contributed by atoms with E-state index in [0.717, 1.165) is 17.7 Å². The van der Waals surface area contributed by atoms with Crippen LogP contribution >= 0.6 is 0 Å². The van der Waals surface area contributed by atoms with Gasteiger partial charge in [-0.25, -0.2) is 0 Å². The molecule has 0 fully saturated rings. The van der Waals surface area contributed by atoms with Crippen LogP contribution in [0, 0.1) is 5.92 Å². The highest BCUT2D eigenvalue weighted by atomic mass is 19.4. The molecular weight excluding hydrogens is 381 g/mol. The predicted molar refractivity (Wildman–Crippen MR) is 103 cm³/mol. The molecule has 0 aliphatic carbocycles. The Morgan fingerprint density at radius 3 is 2.52 bits per heavy atom. The number of hydrogen-bond acceptors (Lipinski definition) is 2. The average Bonchev–Trinajstić information content (AvgIpc) is 3.00. The molecule has 2 aromatic rings. The zero-order valence-electron chi connectivity index (χ0n) is 16.3. The summed E-state index contributed by atoms with van der Waals surface area (Å²) in [5, 5.41) is 2.71. The first-order valence-electron chi connectivity index (χ1n) is 9.49. The van der Waals surface area contributed by atoms with Gasteiger partial charge >= 0.3 is 6.18 Å². The van der Waals surface area contributed by atoms with Crippen molar-refractivity contribution in [2.45, 2.75) is 45.6 Å². The standard InChI is InChI=1S/C22H23F3N2O2/c1-14(2)10-19(27-13-16-7-3-4-9-18(16)21(27)29)20(28)26-12-15-6-5-8-17(11-15)22(23,24)25/h3-9,11,14,19H,10,12-13H2,1-2H3,(H,26,28)/t19-/m1/s1. The van der Waals surface area contributed by atoms with E-state index < -0.39 is 17.8 Å². The van der Waals surface area contributed by atoms with Crippen LogP contribution < -0.4 is 5.32 Å². The van der Waals surface area contributed by atoms with Gasteiger partial charge < -0.3 is 10.2 Å². The molecule has 7 heteroatoms. The number of amides is 2. The van der Waals surface area contributed by atoms with Gasteiger partial charge in [-0.1, -0.05) is 44.2 Å². The summed E-state index contributed by atoms with van der Waals surface area (Å²) in [4.78, 5) is 27.2. The van der Waals surface area contributed by atoms with Gasteiger partial charge in [0.25, 0.3) is 5.91 Å². The fraction of sp³-hybridized carbons (Fsp3) is 0.364. The van der Waals surface area contributed by atoms with Crippen LogP contribution in [0.2, 0.25) is 0 Å². The predicted octanol–water partition coefficient (Wildman–Crippen LogP) is 4.39. The first-order valence-corrected chi connectivity index (χ1v) is 9.49. The van der Waals surface area contributed by atoms with Crippen molar-refractivity contribution in [2.75, 3.05) is 0 Å². The van der Waals surface area contributed by atoms with Gasteiger partial charge in [0.2, 0.25) is 5.91 Å². The number of nitrogens with zero attached hydrogens (tertiary/aromatic N) is 1. The van der Waals surface area contributed by atoms with E-state index in [1.165, 1.54) is 12.1 Å². The van der Waals surface area contributed by atoms with Gasteiger partial charge in [0, 0.05) is 18.7 Å². The van der Waals surface area contributed by atoms with E-state index >= 15 is 0 Å². The Kier molecular flexibility index (Phi) is 5.96. The molecule has 1 atom stereocenters. The lowest BCUT2D eigenvalue weighted by atomic mass is 10.0. The van der Waals surface area contributed by atoms with Crippen LogP contribution in [0.3, 0.4) is 0 Å². The van der Waals surface area contributed by atoms with Crippen LogP contribution in [0.25, 0.3) is 0 Å². The zero-order valence-corrected chi connectivity index (χ0v) is 16.3. The SMILES string of the molecule is CC(C)C[C@H](C(=O)NCc1cccc(C(F)(F)F)c1)N1Cc2ccccc2C1=O. The molecule has 1 aliphatic heterocycles. The smallest absolute Gasteiger partial charge is 0.350 e. The molecule has 154 valence electrons. The number of fused-ring (bicyclic) bond motifs is 1. The van der Waals surface area contributed by atoms with E-state index in [-0.39, 0.29) is 24.3 Å². The number of hydrogen-bond donors (Lipinski definition) is 1. The number of benzene rings is 2. The third-order valence-corrected chi connectivity index (χ3v) is 4.94. The van der Waals surface area contributed by atoms with Gasteiger partial charge in [0.1, 0.15) is 6.04 Å². The highest BCUT2D eigenvalue weighted by molar-refractivity contribution is 6.01. The second-order valence-electron chi connectivity index (χ2n) is 7.65. The maximum Gasteiger partial charge on any atom is 0.416 e. The molecule has 0 spiro atoms. The van der Waals surface area contributed by atoms with Gasteiger partial charge in [-0.15, -0.1) is 0 Å². The Bertz CT molecular complexity index is 909. The van der Waals surface area contributed by atoms with Crippen LogP contribution in [0.5, 0.6) is 0 Å². The topological polar surface area (TPSA) is 49.4 Å². The summed E-state index contributed by atoms with van der Waals surface area (Å²) in [7, 11) is 0. The maximum absolute atomic E-state index is 12.9. The van der Waals surface area contributed by atoms with Crippen LogP contribution in [0.1, 0.15) is 47.3 Å². The second-order valence-corrected chi connectivity index (χ2v) is 7.65. The van der Waals surface area contributed by atoms with Crippen molar-refractivity contribution in [2.24, 2.45) is 5.92 Å². The van der Waals surface area contributed by atoms with E-state index in [1.54, 1.807) is 17.0 Å². The van der Waals surface area contributed by atoms with Crippen molar-refractivity contribution in [1.82, 2.24) is 10.2 Å². The molecule has 0 unspecified atom stereocenters. The summed E-state index contributed by atoms with van der Waals surface area (Å²) < 4.78 is 38.7. The third kappa shape index (κ3) is 4.78. The number of nitrogens with one attached hydrogen (secondary N) is 1. The van der Waals surface area contributed by atoms with E-state index in [1.807, 2.05) is 26.0 Å². The van der Waals surface area contributed by atoms with Crippen LogP contribution in [0.4, 0.5) is 13.2 Å². The molecule has 0 radical (unpaired) electrons. The quantitative estimate of drug-likeness (QED) is 0.776. The molecule has 2 amide bonds. The molecular formula is C22H23F3N2O2. The minimum absolute atomic E-state index is 0.0354. The highest BCUT2D eigenvalue weighted by Gasteiger charge is 2.36. The lowest BCUT2D eigenvalue weighted by Crippen LogP contribution is -2.47. The number of carbonyl (C=O) groups excluding carboxylic acids is 2. The van der Waals surface area contributed by atoms with Crippen LogP contribution in [-0.2, 0) is 24.1 Å². The van der Waals surface area contributed by atoms with E-state index in [0.29, 0.717) is 24.1 Å². The lowest BCUT2D eigenvalue weighted by molar-refractivity contribution is -0.137. The lowest BCUT2D eigenvalue weighted by Gasteiger charge is -2.28. The van der Waals surface area contributed by atoms with E-state index in [9.17, 15) is 22.8 Å². The molecule has 29 heavy (non-hydrogen) atoms. The van der Waals surface area contributed by atoms with Crippen LogP contribution in [-0.4, -0.2) is 22.8 Å². The molecule has 1 N–H and O–H groups in total. The number of rotatable bonds is 6. The maximum atomic E-state index is 12.9. The fourth-order valence-electron chi connectivity index (χ4n) is 3.52. The summed E-state index contributed by atoms with van der Waals surface area (Å²) in [5.41, 5.74) is 1.06. The van der Waals surface area contributed by atoms with Crippen molar-refractivity contribution < 1.29 is 22.8 Å². The van der Waals surface area contributed by atoms with Gasteiger partial charge in [-0.05, 0) is 41.7 Å². The average molecular weight is 404 g/mol.